The molecule has 0 spiro atoms. The van der Waals surface area contributed by atoms with Gasteiger partial charge in [-0.15, -0.1) is 0 Å². The Morgan fingerprint density at radius 2 is 2.11 bits per heavy atom. The minimum Gasteiger partial charge on any atom is -0.401 e. The standard InChI is InChI=1S/C18H9Cl2N5O3/c1-8-5-9(7-21)15(26)13-14(8)23-17(28-18(13)27)11-6-12(20)24-25(11)16-10(19)3-2-4-22-16/h2-6,9H,1H3. The Hall–Kier alpha value is -3.28. The van der Waals surface area contributed by atoms with Gasteiger partial charge in [-0.25, -0.2) is 19.4 Å². The number of rotatable bonds is 2. The van der Waals surface area contributed by atoms with Gasteiger partial charge in [-0.05, 0) is 24.6 Å². The van der Waals surface area contributed by atoms with Crippen LogP contribution in [0.3, 0.4) is 0 Å². The van der Waals surface area contributed by atoms with Gasteiger partial charge in [0.05, 0.1) is 16.8 Å². The number of Topliss-reactive ketones (excluding diaryl/α,β-unsaturated/α-hetero) is 1. The summed E-state index contributed by atoms with van der Waals surface area (Å²) in [6.07, 6.45) is 2.98. The maximum absolute atomic E-state index is 12.5. The first-order chi connectivity index (χ1) is 13.4. The fourth-order valence-electron chi connectivity index (χ4n) is 2.88. The monoisotopic (exact) mass is 413 g/mol. The normalized spacial score (nSPS) is 15.7. The fraction of sp³-hybridized carbons (Fsp3) is 0.111. The Bertz CT molecular complexity index is 1270. The lowest BCUT2D eigenvalue weighted by Gasteiger charge is -2.15. The Labute approximate surface area is 167 Å². The van der Waals surface area contributed by atoms with E-state index in [2.05, 4.69) is 15.1 Å². The van der Waals surface area contributed by atoms with E-state index in [4.69, 9.17) is 32.9 Å². The summed E-state index contributed by atoms with van der Waals surface area (Å²) in [5.41, 5.74) is -0.243. The van der Waals surface area contributed by atoms with Crippen molar-refractivity contribution in [2.24, 2.45) is 5.92 Å². The van der Waals surface area contributed by atoms with Crippen molar-refractivity contribution in [3.8, 4) is 23.5 Å². The van der Waals surface area contributed by atoms with Crippen LogP contribution in [-0.2, 0) is 0 Å². The van der Waals surface area contributed by atoms with Crippen LogP contribution in [0.2, 0.25) is 10.2 Å². The average molecular weight is 414 g/mol. The van der Waals surface area contributed by atoms with E-state index in [0.29, 0.717) is 10.6 Å². The predicted octanol–water partition coefficient (Wildman–Crippen LogP) is 3.33. The summed E-state index contributed by atoms with van der Waals surface area (Å²) in [6, 6.07) is 6.56. The van der Waals surface area contributed by atoms with Gasteiger partial charge >= 0.3 is 5.63 Å². The van der Waals surface area contributed by atoms with Crippen LogP contribution in [0.15, 0.2) is 39.7 Å². The number of nitriles is 1. The van der Waals surface area contributed by atoms with E-state index in [1.54, 1.807) is 19.1 Å². The third-order valence-electron chi connectivity index (χ3n) is 4.14. The van der Waals surface area contributed by atoms with Crippen molar-refractivity contribution in [3.63, 3.8) is 0 Å². The van der Waals surface area contributed by atoms with Crippen molar-refractivity contribution < 1.29 is 9.21 Å². The van der Waals surface area contributed by atoms with E-state index in [1.807, 2.05) is 6.07 Å². The Morgan fingerprint density at radius 3 is 2.82 bits per heavy atom. The highest BCUT2D eigenvalue weighted by Gasteiger charge is 2.32. The number of halogens is 2. The van der Waals surface area contributed by atoms with Crippen LogP contribution in [0.4, 0.5) is 0 Å². The first-order valence-electron chi connectivity index (χ1n) is 7.95. The summed E-state index contributed by atoms with van der Waals surface area (Å²) in [5, 5.41) is 13.6. The second-order valence-corrected chi connectivity index (χ2v) is 6.72. The number of hydrogen-bond acceptors (Lipinski definition) is 7. The molecule has 0 saturated carbocycles. The van der Waals surface area contributed by atoms with Crippen molar-refractivity contribution >= 4 is 34.6 Å². The number of ketones is 1. The molecule has 0 aliphatic heterocycles. The lowest BCUT2D eigenvalue weighted by atomic mass is 9.89. The zero-order valence-electron chi connectivity index (χ0n) is 14.2. The van der Waals surface area contributed by atoms with Crippen LogP contribution in [0, 0.1) is 17.2 Å². The molecule has 4 rings (SSSR count). The summed E-state index contributed by atoms with van der Waals surface area (Å²) >= 11 is 12.2. The molecule has 10 heteroatoms. The maximum Gasteiger partial charge on any atom is 0.350 e. The molecule has 1 atom stereocenters. The average Bonchev–Trinajstić information content (AvgIpc) is 3.06. The number of hydrogen-bond donors (Lipinski definition) is 0. The highest BCUT2D eigenvalue weighted by atomic mass is 35.5. The van der Waals surface area contributed by atoms with E-state index in [9.17, 15) is 9.59 Å². The van der Waals surface area contributed by atoms with Gasteiger partial charge < -0.3 is 4.42 Å². The largest absolute Gasteiger partial charge is 0.401 e. The van der Waals surface area contributed by atoms with E-state index >= 15 is 0 Å². The molecule has 1 unspecified atom stereocenters. The van der Waals surface area contributed by atoms with Crippen molar-refractivity contribution in [1.82, 2.24) is 19.7 Å². The SMILES string of the molecule is CC1=CC(C#N)C(=O)c2c1nc(-c1cc(Cl)nn1-c1ncccc1Cl)oc2=O. The third-order valence-corrected chi connectivity index (χ3v) is 4.62. The Balaban J connectivity index is 1.95. The van der Waals surface area contributed by atoms with Gasteiger partial charge in [-0.3, -0.25) is 4.79 Å². The van der Waals surface area contributed by atoms with Crippen LogP contribution < -0.4 is 5.63 Å². The molecule has 3 aromatic heterocycles. The number of fused-ring (bicyclic) bond motifs is 1. The number of nitrogens with zero attached hydrogens (tertiary/aromatic N) is 5. The molecule has 8 nitrogen and oxygen atoms in total. The van der Waals surface area contributed by atoms with Gasteiger partial charge in [-0.1, -0.05) is 29.3 Å². The molecule has 3 aromatic rings. The molecule has 0 N–H and O–H groups in total. The third kappa shape index (κ3) is 2.81. The van der Waals surface area contributed by atoms with Crippen LogP contribution in [-0.4, -0.2) is 25.5 Å². The van der Waals surface area contributed by atoms with Crippen molar-refractivity contribution in [2.75, 3.05) is 0 Å². The van der Waals surface area contributed by atoms with Gasteiger partial charge in [0, 0.05) is 12.3 Å². The molecular weight excluding hydrogens is 405 g/mol. The Kier molecular flexibility index (Phi) is 4.34. The highest BCUT2D eigenvalue weighted by Crippen LogP contribution is 2.30. The van der Waals surface area contributed by atoms with Crippen LogP contribution in [0.5, 0.6) is 0 Å². The number of carbonyl (C=O) groups excluding carboxylic acids is 1. The van der Waals surface area contributed by atoms with Gasteiger partial charge in [0.25, 0.3) is 0 Å². The van der Waals surface area contributed by atoms with E-state index in [1.165, 1.54) is 23.0 Å². The first-order valence-corrected chi connectivity index (χ1v) is 8.71. The predicted molar refractivity (Wildman–Crippen MR) is 100 cm³/mol. The minimum atomic E-state index is -1.05. The number of aromatic nitrogens is 4. The molecule has 0 radical (unpaired) electrons. The van der Waals surface area contributed by atoms with Gasteiger partial charge in [-0.2, -0.15) is 10.4 Å². The zero-order valence-corrected chi connectivity index (χ0v) is 15.7. The molecular formula is C18H9Cl2N5O3. The smallest absolute Gasteiger partial charge is 0.350 e. The quantitative estimate of drug-likeness (QED) is 0.632. The maximum atomic E-state index is 12.5. The fourth-order valence-corrected chi connectivity index (χ4v) is 3.26. The molecule has 0 saturated heterocycles. The number of allylic oxidation sites excluding steroid dienone is 2. The van der Waals surface area contributed by atoms with Crippen LogP contribution >= 0.6 is 23.2 Å². The molecule has 138 valence electrons. The first kappa shape index (κ1) is 18.1. The zero-order chi connectivity index (χ0) is 20.0. The van der Waals surface area contributed by atoms with Crippen molar-refractivity contribution in [1.29, 1.82) is 5.26 Å². The van der Waals surface area contributed by atoms with Gasteiger partial charge in [0.15, 0.2) is 16.8 Å². The van der Waals surface area contributed by atoms with E-state index < -0.39 is 17.3 Å². The summed E-state index contributed by atoms with van der Waals surface area (Å²) in [4.78, 5) is 33.4. The highest BCUT2D eigenvalue weighted by molar-refractivity contribution is 6.32. The molecule has 1 aliphatic rings. The number of carbonyl (C=O) groups is 1. The minimum absolute atomic E-state index is 0.103. The molecule has 1 aliphatic carbocycles. The van der Waals surface area contributed by atoms with Crippen molar-refractivity contribution in [3.05, 3.63) is 62.3 Å². The second kappa shape index (κ2) is 6.71. The summed E-state index contributed by atoms with van der Waals surface area (Å²) in [7, 11) is 0. The summed E-state index contributed by atoms with van der Waals surface area (Å²) < 4.78 is 6.57. The lowest BCUT2D eigenvalue weighted by molar-refractivity contribution is 0.0961. The molecule has 0 bridgehead atoms. The van der Waals surface area contributed by atoms with Crippen LogP contribution in [0.1, 0.15) is 23.0 Å². The van der Waals surface area contributed by atoms with E-state index in [0.717, 1.165) is 0 Å². The van der Waals surface area contributed by atoms with Gasteiger partial charge in [0.2, 0.25) is 5.89 Å². The summed E-state index contributed by atoms with van der Waals surface area (Å²) in [6.45, 7) is 1.66. The lowest BCUT2D eigenvalue weighted by Crippen LogP contribution is -2.27. The van der Waals surface area contributed by atoms with Gasteiger partial charge in [0.1, 0.15) is 17.2 Å². The molecule has 3 heterocycles. The second-order valence-electron chi connectivity index (χ2n) is 5.92. The Morgan fingerprint density at radius 1 is 1.32 bits per heavy atom. The molecule has 0 aromatic carbocycles. The summed E-state index contributed by atoms with van der Waals surface area (Å²) in [5.74, 6) is -1.53. The van der Waals surface area contributed by atoms with Crippen molar-refractivity contribution in [2.45, 2.75) is 6.92 Å². The number of pyridine rings is 1. The molecule has 28 heavy (non-hydrogen) atoms. The van der Waals surface area contributed by atoms with Crippen LogP contribution in [0.25, 0.3) is 23.0 Å². The van der Waals surface area contributed by atoms with E-state index in [-0.39, 0.29) is 33.8 Å². The topological polar surface area (TPSA) is 115 Å². The molecule has 0 fully saturated rings. The molecule has 0 amide bonds.